The lowest BCUT2D eigenvalue weighted by Crippen LogP contribution is -2.29. The summed E-state index contributed by atoms with van der Waals surface area (Å²) >= 11 is 0. The average molecular weight is 801 g/mol. The number of ether oxygens (including phenoxy) is 2. The van der Waals surface area contributed by atoms with Gasteiger partial charge in [-0.25, -0.2) is 4.57 Å². The molecule has 0 aromatic carbocycles. The van der Waals surface area contributed by atoms with Gasteiger partial charge in [-0.1, -0.05) is 162 Å². The van der Waals surface area contributed by atoms with Crippen LogP contribution in [0.25, 0.3) is 0 Å². The van der Waals surface area contributed by atoms with E-state index in [0.717, 1.165) is 128 Å². The number of esters is 2. The lowest BCUT2D eigenvalue weighted by atomic mass is 10.1. The second-order valence-electron chi connectivity index (χ2n) is 13.9. The molecule has 0 aromatic heterocycles. The van der Waals surface area contributed by atoms with Crippen LogP contribution in [0.4, 0.5) is 0 Å². The highest BCUT2D eigenvalue weighted by Gasteiger charge is 2.22. The van der Waals surface area contributed by atoms with Crippen LogP contribution in [0.1, 0.15) is 168 Å². The van der Waals surface area contributed by atoms with Crippen molar-refractivity contribution in [3.8, 4) is 0 Å². The highest BCUT2D eigenvalue weighted by molar-refractivity contribution is 7.46. The maximum atomic E-state index is 12.4. The Labute approximate surface area is 341 Å². The second-order valence-corrected chi connectivity index (χ2v) is 15.1. The van der Waals surface area contributed by atoms with Crippen molar-refractivity contribution in [3.63, 3.8) is 0 Å². The molecule has 0 heterocycles. The van der Waals surface area contributed by atoms with Gasteiger partial charge in [0.05, 0.1) is 6.61 Å². The summed E-state index contributed by atoms with van der Waals surface area (Å²) in [4.78, 5) is 42.9. The minimum Gasteiger partial charge on any atom is -0.462 e. The Bertz CT molecular complexity index is 1220. The minimum atomic E-state index is -4.77. The van der Waals surface area contributed by atoms with Crippen molar-refractivity contribution in [2.24, 2.45) is 0 Å². The van der Waals surface area contributed by atoms with E-state index >= 15 is 0 Å². The molecular weight excluding hydrogens is 723 g/mol. The van der Waals surface area contributed by atoms with Gasteiger partial charge in [-0.05, 0) is 89.9 Å². The Hall–Kier alpha value is -3.03. The summed E-state index contributed by atoms with van der Waals surface area (Å²) in [5.74, 6) is -0.926. The molecule has 0 aliphatic heterocycles. The van der Waals surface area contributed by atoms with Gasteiger partial charge >= 0.3 is 19.8 Å². The topological polar surface area (TPSA) is 119 Å². The lowest BCUT2D eigenvalue weighted by molar-refractivity contribution is -0.161. The highest BCUT2D eigenvalue weighted by atomic mass is 31.2. The lowest BCUT2D eigenvalue weighted by Gasteiger charge is -2.18. The number of carbonyl (C=O) groups excluding carboxylic acids is 2. The fourth-order valence-electron chi connectivity index (χ4n) is 5.47. The van der Waals surface area contributed by atoms with Crippen LogP contribution in [0.5, 0.6) is 0 Å². The first-order chi connectivity index (χ1) is 27.3. The Morgan fingerprint density at radius 1 is 0.464 bits per heavy atom. The van der Waals surface area contributed by atoms with Gasteiger partial charge in [0.1, 0.15) is 6.61 Å². The predicted octanol–water partition coefficient (Wildman–Crippen LogP) is 13.4. The van der Waals surface area contributed by atoms with Crippen molar-refractivity contribution in [1.82, 2.24) is 0 Å². The molecule has 0 saturated carbocycles. The van der Waals surface area contributed by atoms with E-state index in [0.29, 0.717) is 12.8 Å². The van der Waals surface area contributed by atoms with Crippen LogP contribution >= 0.6 is 7.82 Å². The van der Waals surface area contributed by atoms with Gasteiger partial charge in [0.15, 0.2) is 6.10 Å². The molecule has 0 saturated heterocycles. The molecule has 0 aliphatic carbocycles. The van der Waals surface area contributed by atoms with Crippen molar-refractivity contribution in [1.29, 1.82) is 0 Å². The van der Waals surface area contributed by atoms with E-state index in [1.54, 1.807) is 0 Å². The Morgan fingerprint density at radius 2 is 0.804 bits per heavy atom. The summed E-state index contributed by atoms with van der Waals surface area (Å²) in [6.07, 6.45) is 56.9. The quantitative estimate of drug-likeness (QED) is 0.0274. The molecule has 9 heteroatoms. The van der Waals surface area contributed by atoms with E-state index in [1.807, 2.05) is 0 Å². The molecule has 0 bridgehead atoms. The number of phosphoric ester groups is 1. The van der Waals surface area contributed by atoms with Gasteiger partial charge < -0.3 is 19.3 Å². The molecule has 0 aliphatic rings. The van der Waals surface area contributed by atoms with Gasteiger partial charge in [-0.15, -0.1) is 0 Å². The first-order valence-corrected chi connectivity index (χ1v) is 23.1. The maximum Gasteiger partial charge on any atom is 0.469 e. The maximum absolute atomic E-state index is 12.4. The standard InChI is InChI=1S/C47H77O8P/c1-3-5-7-9-11-13-15-17-19-21-23-25-27-29-31-33-35-37-39-41-46(48)53-43-45(44-54-56(50,51)52)55-47(49)42-40-38-36-34-32-30-28-26-24-22-20-18-16-14-12-10-8-6-4-2/h5-8,11-14,17-20,23-26,45H,3-4,9-10,15-16,21-22,27-44H2,1-2H3,(H2,50,51,52)/b7-5-,8-6-,13-11-,14-12-,19-17-,20-18-,25-23-,26-24-. The molecule has 0 amide bonds. The smallest absolute Gasteiger partial charge is 0.462 e. The number of phosphoric acid groups is 1. The summed E-state index contributed by atoms with van der Waals surface area (Å²) in [6.45, 7) is 3.43. The third-order valence-corrected chi connectivity index (χ3v) is 9.08. The van der Waals surface area contributed by atoms with Gasteiger partial charge in [0, 0.05) is 12.8 Å². The molecule has 0 fully saturated rings. The molecule has 1 unspecified atom stereocenters. The summed E-state index contributed by atoms with van der Waals surface area (Å²) in [5, 5.41) is 0. The monoisotopic (exact) mass is 801 g/mol. The summed E-state index contributed by atoms with van der Waals surface area (Å²) in [5.41, 5.74) is 0. The Kier molecular flexibility index (Phi) is 39.3. The SMILES string of the molecule is CC/C=C\C/C=C\C/C=C\C/C=C\CCCCCCCCC(=O)OCC(COP(=O)(O)O)OC(=O)CCCCCCCC/C=C\C/C=C\C/C=C\C/C=C\CC. The first-order valence-electron chi connectivity index (χ1n) is 21.5. The Morgan fingerprint density at radius 3 is 1.20 bits per heavy atom. The van der Waals surface area contributed by atoms with Crippen molar-refractivity contribution in [3.05, 3.63) is 97.2 Å². The molecule has 0 rings (SSSR count). The predicted molar refractivity (Wildman–Crippen MR) is 234 cm³/mol. The highest BCUT2D eigenvalue weighted by Crippen LogP contribution is 2.36. The molecule has 8 nitrogen and oxygen atoms in total. The largest absolute Gasteiger partial charge is 0.469 e. The summed E-state index contributed by atoms with van der Waals surface area (Å²) in [6, 6.07) is 0. The molecular formula is C47H77O8P. The third-order valence-electron chi connectivity index (χ3n) is 8.60. The van der Waals surface area contributed by atoms with E-state index in [9.17, 15) is 14.2 Å². The zero-order chi connectivity index (χ0) is 41.1. The second kappa shape index (κ2) is 41.6. The van der Waals surface area contributed by atoms with E-state index in [-0.39, 0.29) is 19.4 Å². The molecule has 56 heavy (non-hydrogen) atoms. The molecule has 2 N–H and O–H groups in total. The van der Waals surface area contributed by atoms with Crippen molar-refractivity contribution < 1.29 is 37.9 Å². The van der Waals surface area contributed by atoms with E-state index in [4.69, 9.17) is 19.3 Å². The van der Waals surface area contributed by atoms with Crippen molar-refractivity contribution in [2.45, 2.75) is 174 Å². The van der Waals surface area contributed by atoms with E-state index < -0.39 is 32.5 Å². The molecule has 1 atom stereocenters. The summed E-state index contributed by atoms with van der Waals surface area (Å²) in [7, 11) is -4.77. The molecule has 0 radical (unpaired) electrons. The van der Waals surface area contributed by atoms with Crippen molar-refractivity contribution >= 4 is 19.8 Å². The zero-order valence-electron chi connectivity index (χ0n) is 35.0. The van der Waals surface area contributed by atoms with Crippen molar-refractivity contribution in [2.75, 3.05) is 13.2 Å². The van der Waals surface area contributed by atoms with Crippen LogP contribution in [0, 0.1) is 0 Å². The van der Waals surface area contributed by atoms with Crippen LogP contribution in [0.15, 0.2) is 97.2 Å². The van der Waals surface area contributed by atoms with E-state index in [2.05, 4.69) is 116 Å². The zero-order valence-corrected chi connectivity index (χ0v) is 35.9. The average Bonchev–Trinajstić information content (AvgIpc) is 3.17. The molecule has 0 spiro atoms. The molecule has 0 aromatic rings. The van der Waals surface area contributed by atoms with Crippen LogP contribution in [-0.2, 0) is 28.2 Å². The first kappa shape index (κ1) is 53.0. The normalized spacial score (nSPS) is 13.4. The fraction of sp³-hybridized carbons (Fsp3) is 0.617. The van der Waals surface area contributed by atoms with Crippen LogP contribution in [-0.4, -0.2) is 41.0 Å². The van der Waals surface area contributed by atoms with Crippen LogP contribution in [0.2, 0.25) is 0 Å². The van der Waals surface area contributed by atoms with E-state index in [1.165, 1.54) is 0 Å². The molecule has 318 valence electrons. The Balaban J connectivity index is 3.99. The minimum absolute atomic E-state index is 0.186. The fourth-order valence-corrected chi connectivity index (χ4v) is 5.83. The van der Waals surface area contributed by atoms with Gasteiger partial charge in [-0.2, -0.15) is 0 Å². The van der Waals surface area contributed by atoms with Crippen LogP contribution in [0.3, 0.4) is 0 Å². The third kappa shape index (κ3) is 43.7. The number of rotatable bonds is 38. The van der Waals surface area contributed by atoms with Gasteiger partial charge in [0.2, 0.25) is 0 Å². The summed E-state index contributed by atoms with van der Waals surface area (Å²) < 4.78 is 26.4. The number of carbonyl (C=O) groups is 2. The van der Waals surface area contributed by atoms with Gasteiger partial charge in [0.25, 0.3) is 0 Å². The number of hydrogen-bond donors (Lipinski definition) is 2. The number of allylic oxidation sites excluding steroid dienone is 16. The van der Waals surface area contributed by atoms with Crippen LogP contribution < -0.4 is 0 Å². The number of hydrogen-bond acceptors (Lipinski definition) is 6. The van der Waals surface area contributed by atoms with Gasteiger partial charge in [-0.3, -0.25) is 14.1 Å². The number of unbranched alkanes of at least 4 members (excludes halogenated alkanes) is 12.